The molecule has 3 nitrogen and oxygen atoms in total. The molecular formula is C16H29N3S. The van der Waals surface area contributed by atoms with Crippen LogP contribution in [0.1, 0.15) is 50.9 Å². The highest BCUT2D eigenvalue weighted by atomic mass is 32.1. The van der Waals surface area contributed by atoms with Gasteiger partial charge in [0.1, 0.15) is 5.01 Å². The molecule has 1 N–H and O–H groups in total. The van der Waals surface area contributed by atoms with Crippen molar-refractivity contribution in [3.8, 4) is 0 Å². The van der Waals surface area contributed by atoms with Gasteiger partial charge in [-0.3, -0.25) is 4.90 Å². The molecule has 0 aliphatic carbocycles. The second kappa shape index (κ2) is 6.54. The van der Waals surface area contributed by atoms with E-state index in [0.29, 0.717) is 12.0 Å². The van der Waals surface area contributed by atoms with Gasteiger partial charge in [-0.2, -0.15) is 0 Å². The van der Waals surface area contributed by atoms with Crippen molar-refractivity contribution in [3.63, 3.8) is 0 Å². The van der Waals surface area contributed by atoms with Gasteiger partial charge in [0.05, 0.1) is 6.54 Å². The summed E-state index contributed by atoms with van der Waals surface area (Å²) in [7, 11) is 0. The number of nitrogens with zero attached hydrogens (tertiary/aromatic N) is 2. The van der Waals surface area contributed by atoms with Crippen LogP contribution in [-0.2, 0) is 13.0 Å². The smallest absolute Gasteiger partial charge is 0.107 e. The number of aromatic nitrogens is 1. The summed E-state index contributed by atoms with van der Waals surface area (Å²) in [6.07, 6.45) is 4.32. The lowest BCUT2D eigenvalue weighted by Gasteiger charge is -2.47. The maximum atomic E-state index is 4.60. The number of nitrogens with one attached hydrogen (secondary N) is 1. The number of hydrogen-bond acceptors (Lipinski definition) is 4. The molecule has 0 saturated carbocycles. The quantitative estimate of drug-likeness (QED) is 0.903. The van der Waals surface area contributed by atoms with Gasteiger partial charge in [0.15, 0.2) is 0 Å². The lowest BCUT2D eigenvalue weighted by Crippen LogP contribution is -2.63. The first-order chi connectivity index (χ1) is 9.47. The standard InChI is InChI=1S/C16H29N3S/c1-6-13-8-17-15(20-13)10-19-11-16(5,7-2)18-9-14(19)12(3)4/h8,12,14,18H,6-7,9-11H2,1-5H3. The van der Waals surface area contributed by atoms with Crippen LogP contribution in [0.5, 0.6) is 0 Å². The molecule has 0 radical (unpaired) electrons. The second-order valence-corrected chi connectivity index (χ2v) is 7.79. The molecule has 4 heteroatoms. The van der Waals surface area contributed by atoms with E-state index >= 15 is 0 Å². The minimum absolute atomic E-state index is 0.246. The maximum Gasteiger partial charge on any atom is 0.107 e. The largest absolute Gasteiger partial charge is 0.309 e. The van der Waals surface area contributed by atoms with Crippen LogP contribution in [0.4, 0.5) is 0 Å². The van der Waals surface area contributed by atoms with Crippen LogP contribution in [0.3, 0.4) is 0 Å². The Balaban J connectivity index is 2.10. The average Bonchev–Trinajstić information content (AvgIpc) is 2.86. The van der Waals surface area contributed by atoms with Crippen molar-refractivity contribution in [1.82, 2.24) is 15.2 Å². The zero-order chi connectivity index (χ0) is 14.8. The highest BCUT2D eigenvalue weighted by molar-refractivity contribution is 7.11. The molecule has 1 aromatic rings. The fraction of sp³-hybridized carbons (Fsp3) is 0.812. The lowest BCUT2D eigenvalue weighted by molar-refractivity contribution is 0.0538. The van der Waals surface area contributed by atoms with E-state index < -0.39 is 0 Å². The fourth-order valence-corrected chi connectivity index (χ4v) is 3.82. The molecular weight excluding hydrogens is 266 g/mol. The highest BCUT2D eigenvalue weighted by Gasteiger charge is 2.35. The monoisotopic (exact) mass is 295 g/mol. The van der Waals surface area contributed by atoms with Crippen LogP contribution in [0.15, 0.2) is 6.20 Å². The van der Waals surface area contributed by atoms with Crippen LogP contribution in [0.2, 0.25) is 0 Å². The maximum absolute atomic E-state index is 4.60. The van der Waals surface area contributed by atoms with E-state index in [9.17, 15) is 0 Å². The number of hydrogen-bond donors (Lipinski definition) is 1. The summed E-state index contributed by atoms with van der Waals surface area (Å²) in [6.45, 7) is 14.7. The van der Waals surface area contributed by atoms with E-state index in [1.807, 2.05) is 17.5 Å². The summed E-state index contributed by atoms with van der Waals surface area (Å²) < 4.78 is 0. The predicted molar refractivity (Wildman–Crippen MR) is 87.2 cm³/mol. The van der Waals surface area contributed by atoms with E-state index in [1.54, 1.807) is 0 Å². The Bertz CT molecular complexity index is 429. The SMILES string of the molecule is CCc1cnc(CN2CC(C)(CC)NCC2C(C)C)s1. The van der Waals surface area contributed by atoms with Crippen molar-refractivity contribution in [2.24, 2.45) is 5.92 Å². The molecule has 0 spiro atoms. The summed E-state index contributed by atoms with van der Waals surface area (Å²) in [5.74, 6) is 0.675. The first-order valence-corrected chi connectivity index (χ1v) is 8.71. The molecule has 20 heavy (non-hydrogen) atoms. The molecule has 1 aliphatic heterocycles. The van der Waals surface area contributed by atoms with E-state index in [4.69, 9.17) is 0 Å². The molecule has 114 valence electrons. The van der Waals surface area contributed by atoms with Crippen LogP contribution in [0.25, 0.3) is 0 Å². The zero-order valence-electron chi connectivity index (χ0n) is 13.6. The van der Waals surface area contributed by atoms with Crippen molar-refractivity contribution in [3.05, 3.63) is 16.1 Å². The second-order valence-electron chi connectivity index (χ2n) is 6.59. The molecule has 0 amide bonds. The Hall–Kier alpha value is -0.450. The van der Waals surface area contributed by atoms with Crippen molar-refractivity contribution < 1.29 is 0 Å². The van der Waals surface area contributed by atoms with E-state index in [-0.39, 0.29) is 5.54 Å². The van der Waals surface area contributed by atoms with E-state index in [0.717, 1.165) is 26.1 Å². The Kier molecular flexibility index (Phi) is 5.21. The van der Waals surface area contributed by atoms with Crippen molar-refractivity contribution in [1.29, 1.82) is 0 Å². The molecule has 1 aromatic heterocycles. The number of rotatable bonds is 5. The molecule has 2 atom stereocenters. The third kappa shape index (κ3) is 3.60. The molecule has 1 saturated heterocycles. The van der Waals surface area contributed by atoms with Gasteiger partial charge < -0.3 is 5.32 Å². The van der Waals surface area contributed by atoms with Gasteiger partial charge in [0.2, 0.25) is 0 Å². The van der Waals surface area contributed by atoms with Gasteiger partial charge in [-0.25, -0.2) is 4.98 Å². The third-order valence-electron chi connectivity index (χ3n) is 4.60. The number of piperazine rings is 1. The van der Waals surface area contributed by atoms with Gasteiger partial charge in [-0.15, -0.1) is 11.3 Å². The topological polar surface area (TPSA) is 28.2 Å². The van der Waals surface area contributed by atoms with Crippen molar-refractivity contribution in [2.45, 2.75) is 65.6 Å². The molecule has 1 aliphatic rings. The van der Waals surface area contributed by atoms with Gasteiger partial charge in [-0.05, 0) is 25.7 Å². The van der Waals surface area contributed by atoms with Crippen molar-refractivity contribution in [2.75, 3.05) is 13.1 Å². The normalized spacial score (nSPS) is 28.2. The van der Waals surface area contributed by atoms with Crippen LogP contribution >= 0.6 is 11.3 Å². The molecule has 0 bridgehead atoms. The summed E-state index contributed by atoms with van der Waals surface area (Å²) in [5, 5.41) is 5.02. The predicted octanol–water partition coefficient (Wildman–Crippen LogP) is 3.30. The first kappa shape index (κ1) is 15.9. The molecule has 2 rings (SSSR count). The summed E-state index contributed by atoms with van der Waals surface area (Å²) in [4.78, 5) is 8.64. The van der Waals surface area contributed by atoms with Gasteiger partial charge in [-0.1, -0.05) is 27.7 Å². The van der Waals surface area contributed by atoms with Crippen molar-refractivity contribution >= 4 is 11.3 Å². The minimum atomic E-state index is 0.246. The number of thiazole rings is 1. The highest BCUT2D eigenvalue weighted by Crippen LogP contribution is 2.25. The van der Waals surface area contributed by atoms with Crippen LogP contribution in [0, 0.1) is 5.92 Å². The minimum Gasteiger partial charge on any atom is -0.309 e. The molecule has 2 unspecified atom stereocenters. The van der Waals surface area contributed by atoms with Gasteiger partial charge in [0.25, 0.3) is 0 Å². The zero-order valence-corrected chi connectivity index (χ0v) is 14.4. The molecule has 2 heterocycles. The van der Waals surface area contributed by atoms with Gasteiger partial charge in [0, 0.05) is 35.7 Å². The Labute approximate surface area is 127 Å². The van der Waals surface area contributed by atoms with Gasteiger partial charge >= 0.3 is 0 Å². The van der Waals surface area contributed by atoms with Crippen LogP contribution < -0.4 is 5.32 Å². The fourth-order valence-electron chi connectivity index (χ4n) is 2.93. The average molecular weight is 295 g/mol. The lowest BCUT2D eigenvalue weighted by atomic mass is 9.90. The van der Waals surface area contributed by atoms with E-state index in [1.165, 1.54) is 16.3 Å². The van der Waals surface area contributed by atoms with Crippen LogP contribution in [-0.4, -0.2) is 34.6 Å². The third-order valence-corrected chi connectivity index (χ3v) is 5.72. The molecule has 1 fully saturated rings. The summed E-state index contributed by atoms with van der Waals surface area (Å²) >= 11 is 1.87. The summed E-state index contributed by atoms with van der Waals surface area (Å²) in [5.41, 5.74) is 0.246. The Morgan fingerprint density at radius 2 is 2.25 bits per heavy atom. The van der Waals surface area contributed by atoms with E-state index in [2.05, 4.69) is 49.8 Å². The number of aryl methyl sites for hydroxylation is 1. The summed E-state index contributed by atoms with van der Waals surface area (Å²) in [6, 6.07) is 0.614. The Morgan fingerprint density at radius 1 is 1.50 bits per heavy atom. The Morgan fingerprint density at radius 3 is 2.80 bits per heavy atom. The first-order valence-electron chi connectivity index (χ1n) is 7.90. The molecule has 0 aromatic carbocycles.